The molecule has 0 saturated heterocycles. The minimum absolute atomic E-state index is 0.00734. The van der Waals surface area contributed by atoms with E-state index in [0.717, 1.165) is 0 Å². The van der Waals surface area contributed by atoms with E-state index < -0.39 is 11.4 Å². The molecule has 1 aromatic heterocycles. The Balaban J connectivity index is 2.26. The van der Waals surface area contributed by atoms with E-state index in [-0.39, 0.29) is 17.5 Å². The number of nitrogens with zero attached hydrogens (tertiary/aromatic N) is 2. The minimum atomic E-state index is -0.860. The van der Waals surface area contributed by atoms with Crippen LogP contribution in [0.3, 0.4) is 0 Å². The van der Waals surface area contributed by atoms with Crippen molar-refractivity contribution in [3.05, 3.63) is 34.9 Å². The Hall–Kier alpha value is -1.50. The van der Waals surface area contributed by atoms with E-state index in [9.17, 15) is 4.39 Å². The van der Waals surface area contributed by atoms with Gasteiger partial charge in [0, 0.05) is 12.2 Å². The molecule has 1 unspecified atom stereocenters. The number of benzene rings is 1. The zero-order chi connectivity index (χ0) is 14.8. The van der Waals surface area contributed by atoms with Crippen molar-refractivity contribution >= 4 is 11.6 Å². The first kappa shape index (κ1) is 14.9. The molecule has 5 nitrogen and oxygen atoms in total. The lowest BCUT2D eigenvalue weighted by atomic mass is 10.1. The highest BCUT2D eigenvalue weighted by atomic mass is 35.5. The van der Waals surface area contributed by atoms with Crippen LogP contribution in [0.15, 0.2) is 22.7 Å². The fourth-order valence-electron chi connectivity index (χ4n) is 1.58. The predicted molar refractivity (Wildman–Crippen MR) is 72.7 cm³/mol. The first-order valence-corrected chi connectivity index (χ1v) is 6.48. The minimum Gasteiger partial charge on any atom is -0.379 e. The molecule has 0 radical (unpaired) electrons. The maximum atomic E-state index is 13.1. The van der Waals surface area contributed by atoms with E-state index >= 15 is 0 Å². The second-order valence-electron chi connectivity index (χ2n) is 4.61. The molecular formula is C13H15ClFN3O2. The molecule has 2 N–H and O–H groups in total. The van der Waals surface area contributed by atoms with Crippen LogP contribution < -0.4 is 5.73 Å². The number of aromatic nitrogens is 2. The molecule has 0 fully saturated rings. The monoisotopic (exact) mass is 299 g/mol. The van der Waals surface area contributed by atoms with Crippen LogP contribution in [0.1, 0.15) is 19.7 Å². The fraction of sp³-hybridized carbons (Fsp3) is 0.385. The molecule has 0 amide bonds. The largest absolute Gasteiger partial charge is 0.379 e. The van der Waals surface area contributed by atoms with Crippen LogP contribution in [-0.4, -0.2) is 23.4 Å². The fourth-order valence-corrected chi connectivity index (χ4v) is 1.76. The van der Waals surface area contributed by atoms with E-state index in [1.807, 2.05) is 6.92 Å². The van der Waals surface area contributed by atoms with Crippen LogP contribution in [0, 0.1) is 5.82 Å². The zero-order valence-electron chi connectivity index (χ0n) is 11.2. The van der Waals surface area contributed by atoms with Crippen LogP contribution in [-0.2, 0) is 10.3 Å². The van der Waals surface area contributed by atoms with Crippen LogP contribution in [0.2, 0.25) is 5.02 Å². The van der Waals surface area contributed by atoms with Gasteiger partial charge >= 0.3 is 0 Å². The van der Waals surface area contributed by atoms with Crippen molar-refractivity contribution in [1.82, 2.24) is 10.1 Å². The summed E-state index contributed by atoms with van der Waals surface area (Å²) in [6.45, 7) is 4.44. The molecule has 0 aliphatic rings. The third-order valence-electron chi connectivity index (χ3n) is 2.71. The molecule has 0 spiro atoms. The standard InChI is InChI=1S/C13H15ClFN3O2/c1-3-19-7-13(2,16)12-17-11(20-18-12)8-4-5-10(15)9(14)6-8/h4-6H,3,7,16H2,1-2H3. The average Bonchev–Trinajstić information content (AvgIpc) is 2.90. The normalized spacial score (nSPS) is 14.2. The average molecular weight is 300 g/mol. The van der Waals surface area contributed by atoms with E-state index in [1.165, 1.54) is 18.2 Å². The van der Waals surface area contributed by atoms with Gasteiger partial charge in [-0.25, -0.2) is 4.39 Å². The Morgan fingerprint density at radius 1 is 1.50 bits per heavy atom. The lowest BCUT2D eigenvalue weighted by molar-refractivity contribution is 0.0962. The molecular weight excluding hydrogens is 285 g/mol. The predicted octanol–water partition coefficient (Wildman–Crippen LogP) is 2.74. The van der Waals surface area contributed by atoms with E-state index in [0.29, 0.717) is 18.0 Å². The van der Waals surface area contributed by atoms with E-state index in [4.69, 9.17) is 26.6 Å². The van der Waals surface area contributed by atoms with Crippen molar-refractivity contribution in [2.45, 2.75) is 19.4 Å². The van der Waals surface area contributed by atoms with Gasteiger partial charge in [0.05, 0.1) is 11.6 Å². The van der Waals surface area contributed by atoms with Gasteiger partial charge in [-0.3, -0.25) is 0 Å². The summed E-state index contributed by atoms with van der Waals surface area (Å²) < 4.78 is 23.5. The summed E-state index contributed by atoms with van der Waals surface area (Å²) in [6.07, 6.45) is 0. The van der Waals surface area contributed by atoms with Gasteiger partial charge in [-0.1, -0.05) is 16.8 Å². The number of halogens is 2. The first-order chi connectivity index (χ1) is 9.44. The lowest BCUT2D eigenvalue weighted by Crippen LogP contribution is -2.39. The topological polar surface area (TPSA) is 74.2 Å². The molecule has 0 aliphatic heterocycles. The molecule has 0 saturated carbocycles. The molecule has 20 heavy (non-hydrogen) atoms. The van der Waals surface area contributed by atoms with Gasteiger partial charge in [0.1, 0.15) is 11.4 Å². The molecule has 1 aromatic carbocycles. The van der Waals surface area contributed by atoms with Crippen LogP contribution in [0.4, 0.5) is 4.39 Å². The van der Waals surface area contributed by atoms with Crippen LogP contribution in [0.25, 0.3) is 11.5 Å². The molecule has 2 aromatic rings. The van der Waals surface area contributed by atoms with Gasteiger partial charge in [-0.2, -0.15) is 4.98 Å². The Kier molecular flexibility index (Phi) is 4.37. The third kappa shape index (κ3) is 3.15. The van der Waals surface area contributed by atoms with Crippen molar-refractivity contribution in [2.24, 2.45) is 5.73 Å². The van der Waals surface area contributed by atoms with Gasteiger partial charge < -0.3 is 15.0 Å². The van der Waals surface area contributed by atoms with Gasteiger partial charge in [0.2, 0.25) is 0 Å². The van der Waals surface area contributed by atoms with Crippen LogP contribution >= 0.6 is 11.6 Å². The molecule has 0 aliphatic carbocycles. The summed E-state index contributed by atoms with van der Waals surface area (Å²) in [6, 6.07) is 4.17. The summed E-state index contributed by atoms with van der Waals surface area (Å²) in [7, 11) is 0. The molecule has 0 bridgehead atoms. The van der Waals surface area contributed by atoms with Crippen LogP contribution in [0.5, 0.6) is 0 Å². The van der Waals surface area contributed by atoms with Gasteiger partial charge in [-0.05, 0) is 32.0 Å². The summed E-state index contributed by atoms with van der Waals surface area (Å²) >= 11 is 5.72. The number of hydrogen-bond donors (Lipinski definition) is 1. The number of hydrogen-bond acceptors (Lipinski definition) is 5. The molecule has 2 rings (SSSR count). The lowest BCUT2D eigenvalue weighted by Gasteiger charge is -2.19. The zero-order valence-corrected chi connectivity index (χ0v) is 11.9. The SMILES string of the molecule is CCOCC(C)(N)c1noc(-c2ccc(F)c(Cl)c2)n1. The summed E-state index contributed by atoms with van der Waals surface area (Å²) in [5.74, 6) is 0.0478. The van der Waals surface area contributed by atoms with E-state index in [2.05, 4.69) is 10.1 Å². The van der Waals surface area contributed by atoms with Crippen molar-refractivity contribution in [2.75, 3.05) is 13.2 Å². The summed E-state index contributed by atoms with van der Waals surface area (Å²) in [5, 5.41) is 3.83. The Morgan fingerprint density at radius 3 is 2.90 bits per heavy atom. The van der Waals surface area contributed by atoms with Gasteiger partial charge in [0.25, 0.3) is 5.89 Å². The highest BCUT2D eigenvalue weighted by Gasteiger charge is 2.28. The highest BCUT2D eigenvalue weighted by molar-refractivity contribution is 6.31. The maximum Gasteiger partial charge on any atom is 0.258 e. The van der Waals surface area contributed by atoms with E-state index in [1.54, 1.807) is 6.92 Å². The molecule has 1 atom stereocenters. The van der Waals surface area contributed by atoms with Crippen molar-refractivity contribution in [1.29, 1.82) is 0 Å². The first-order valence-electron chi connectivity index (χ1n) is 6.10. The Morgan fingerprint density at radius 2 is 2.25 bits per heavy atom. The van der Waals surface area contributed by atoms with Gasteiger partial charge in [-0.15, -0.1) is 0 Å². The third-order valence-corrected chi connectivity index (χ3v) is 3.00. The van der Waals surface area contributed by atoms with Crippen molar-refractivity contribution in [3.8, 4) is 11.5 Å². The second-order valence-corrected chi connectivity index (χ2v) is 5.01. The van der Waals surface area contributed by atoms with Gasteiger partial charge in [0.15, 0.2) is 5.82 Å². The number of ether oxygens (including phenoxy) is 1. The maximum absolute atomic E-state index is 13.1. The quantitative estimate of drug-likeness (QED) is 0.919. The van der Waals surface area contributed by atoms with Crippen molar-refractivity contribution < 1.29 is 13.7 Å². The smallest absolute Gasteiger partial charge is 0.258 e. The number of nitrogens with two attached hydrogens (primary N) is 1. The summed E-state index contributed by atoms with van der Waals surface area (Å²) in [4.78, 5) is 4.21. The molecule has 7 heteroatoms. The number of rotatable bonds is 5. The second kappa shape index (κ2) is 5.87. The summed E-state index contributed by atoms with van der Waals surface area (Å²) in [5.41, 5.74) is 5.74. The Labute approximate surface area is 120 Å². The molecule has 108 valence electrons. The molecule has 1 heterocycles. The van der Waals surface area contributed by atoms with Crippen molar-refractivity contribution in [3.63, 3.8) is 0 Å². The Bertz CT molecular complexity index is 601. The highest BCUT2D eigenvalue weighted by Crippen LogP contribution is 2.25.